The molecule has 0 fully saturated rings. The van der Waals surface area contributed by atoms with Gasteiger partial charge in [-0.05, 0) is 12.3 Å². The molecule has 0 heterocycles. The Balaban J connectivity index is 4.53. The van der Waals surface area contributed by atoms with E-state index in [1.807, 2.05) is 6.92 Å². The van der Waals surface area contributed by atoms with Gasteiger partial charge in [-0.25, -0.2) is 8.42 Å². The summed E-state index contributed by atoms with van der Waals surface area (Å²) in [5, 5.41) is 6.10. The van der Waals surface area contributed by atoms with Crippen LogP contribution in [0.3, 0.4) is 0 Å². The second-order valence-electron chi connectivity index (χ2n) is 5.87. The molecule has 0 aliphatic carbocycles. The molecule has 0 bridgehead atoms. The number of aliphatic imine (C=N–C) groups is 1. The zero-order valence-electron chi connectivity index (χ0n) is 13.5. The van der Waals surface area contributed by atoms with E-state index in [9.17, 15) is 8.42 Å². The van der Waals surface area contributed by atoms with Gasteiger partial charge in [-0.1, -0.05) is 20.8 Å². The first kappa shape index (κ1) is 19.2. The second-order valence-corrected chi connectivity index (χ2v) is 8.13. The number of nitrogens with zero attached hydrogens (tertiary/aromatic N) is 1. The van der Waals surface area contributed by atoms with Crippen LogP contribution >= 0.6 is 0 Å². The number of sulfone groups is 1. The topological polar surface area (TPSA) is 79.8 Å². The van der Waals surface area contributed by atoms with E-state index in [4.69, 9.17) is 4.74 Å². The summed E-state index contributed by atoms with van der Waals surface area (Å²) in [7, 11) is -1.29. The van der Waals surface area contributed by atoms with Gasteiger partial charge in [-0.3, -0.25) is 4.99 Å². The Labute approximate surface area is 123 Å². The molecule has 1 unspecified atom stereocenters. The number of methoxy groups -OCH3 is 1. The summed E-state index contributed by atoms with van der Waals surface area (Å²) in [5.41, 5.74) is 0.00231. The predicted molar refractivity (Wildman–Crippen MR) is 83.9 cm³/mol. The monoisotopic (exact) mass is 307 g/mol. The SMILES string of the molecule is CCNC(=NCC(OC)C(C)(C)C)NCCS(C)(=O)=O. The van der Waals surface area contributed by atoms with Crippen molar-refractivity contribution in [1.82, 2.24) is 10.6 Å². The molecule has 0 amide bonds. The lowest BCUT2D eigenvalue weighted by atomic mass is 9.89. The van der Waals surface area contributed by atoms with Crippen molar-refractivity contribution in [2.45, 2.75) is 33.8 Å². The molecule has 7 heteroatoms. The van der Waals surface area contributed by atoms with Crippen molar-refractivity contribution in [2.75, 3.05) is 38.8 Å². The molecule has 6 nitrogen and oxygen atoms in total. The first-order valence-corrected chi connectivity index (χ1v) is 8.89. The second kappa shape index (κ2) is 8.46. The van der Waals surface area contributed by atoms with Crippen LogP contribution in [0.4, 0.5) is 0 Å². The first-order valence-electron chi connectivity index (χ1n) is 6.83. The number of hydrogen-bond donors (Lipinski definition) is 2. The lowest BCUT2D eigenvalue weighted by Crippen LogP contribution is -2.41. The number of guanidine groups is 1. The van der Waals surface area contributed by atoms with Crippen LogP contribution in [0.5, 0.6) is 0 Å². The molecular weight excluding hydrogens is 278 g/mol. The van der Waals surface area contributed by atoms with Gasteiger partial charge in [0.05, 0.1) is 18.4 Å². The van der Waals surface area contributed by atoms with Gasteiger partial charge in [-0.15, -0.1) is 0 Å². The quantitative estimate of drug-likeness (QED) is 0.533. The van der Waals surface area contributed by atoms with Gasteiger partial charge in [0, 0.05) is 26.5 Å². The Bertz CT molecular complexity index is 400. The van der Waals surface area contributed by atoms with Crippen molar-refractivity contribution in [3.63, 3.8) is 0 Å². The summed E-state index contributed by atoms with van der Waals surface area (Å²) in [4.78, 5) is 4.45. The van der Waals surface area contributed by atoms with Crippen LogP contribution in [0, 0.1) is 5.41 Å². The van der Waals surface area contributed by atoms with E-state index in [0.29, 0.717) is 19.0 Å². The molecule has 0 saturated heterocycles. The number of ether oxygens (including phenoxy) is 1. The fourth-order valence-corrected chi connectivity index (χ4v) is 2.05. The molecule has 20 heavy (non-hydrogen) atoms. The van der Waals surface area contributed by atoms with Crippen LogP contribution in [0.2, 0.25) is 0 Å². The zero-order chi connectivity index (χ0) is 15.8. The van der Waals surface area contributed by atoms with Crippen molar-refractivity contribution in [2.24, 2.45) is 10.4 Å². The van der Waals surface area contributed by atoms with Crippen LogP contribution in [0.1, 0.15) is 27.7 Å². The van der Waals surface area contributed by atoms with E-state index in [2.05, 4.69) is 36.4 Å². The first-order chi connectivity index (χ1) is 9.10. The smallest absolute Gasteiger partial charge is 0.191 e. The summed E-state index contributed by atoms with van der Waals surface area (Å²) in [6.07, 6.45) is 1.23. The minimum atomic E-state index is -2.96. The normalized spacial score (nSPS) is 15.0. The standard InChI is InChI=1S/C13H29N3O3S/c1-7-14-12(15-8-9-20(6,17)18)16-10-11(19-5)13(2,3)4/h11H,7-10H2,1-6H3,(H2,14,15,16). The van der Waals surface area contributed by atoms with Crippen molar-refractivity contribution in [1.29, 1.82) is 0 Å². The molecule has 0 radical (unpaired) electrons. The lowest BCUT2D eigenvalue weighted by Gasteiger charge is -2.28. The van der Waals surface area contributed by atoms with Crippen molar-refractivity contribution < 1.29 is 13.2 Å². The highest BCUT2D eigenvalue weighted by atomic mass is 32.2. The van der Waals surface area contributed by atoms with Crippen LogP contribution in [0.25, 0.3) is 0 Å². The minimum Gasteiger partial charge on any atom is -0.379 e. The average molecular weight is 307 g/mol. The van der Waals surface area contributed by atoms with Crippen LogP contribution < -0.4 is 10.6 Å². The van der Waals surface area contributed by atoms with Gasteiger partial charge in [0.15, 0.2) is 5.96 Å². The maximum absolute atomic E-state index is 11.1. The van der Waals surface area contributed by atoms with E-state index < -0.39 is 9.84 Å². The summed E-state index contributed by atoms with van der Waals surface area (Å²) in [5.74, 6) is 0.701. The number of hydrogen-bond acceptors (Lipinski definition) is 4. The average Bonchev–Trinajstić information content (AvgIpc) is 2.26. The van der Waals surface area contributed by atoms with Crippen molar-refractivity contribution >= 4 is 15.8 Å². The highest BCUT2D eigenvalue weighted by molar-refractivity contribution is 7.90. The number of rotatable bonds is 7. The maximum Gasteiger partial charge on any atom is 0.191 e. The van der Waals surface area contributed by atoms with Crippen LogP contribution in [-0.4, -0.2) is 59.2 Å². The molecule has 2 N–H and O–H groups in total. The van der Waals surface area contributed by atoms with Gasteiger partial charge >= 0.3 is 0 Å². The molecule has 0 saturated carbocycles. The molecule has 0 aromatic heterocycles. The Hall–Kier alpha value is -0.820. The Kier molecular flexibility index (Phi) is 8.12. The maximum atomic E-state index is 11.1. The van der Waals surface area contributed by atoms with E-state index in [0.717, 1.165) is 6.54 Å². The van der Waals surface area contributed by atoms with Crippen LogP contribution in [-0.2, 0) is 14.6 Å². The van der Waals surface area contributed by atoms with E-state index in [1.54, 1.807) is 7.11 Å². The highest BCUT2D eigenvalue weighted by Crippen LogP contribution is 2.21. The van der Waals surface area contributed by atoms with Crippen molar-refractivity contribution in [3.05, 3.63) is 0 Å². The summed E-state index contributed by atoms with van der Waals surface area (Å²) in [6.45, 7) is 9.84. The van der Waals surface area contributed by atoms with Crippen LogP contribution in [0.15, 0.2) is 4.99 Å². The lowest BCUT2D eigenvalue weighted by molar-refractivity contribution is 0.0241. The third-order valence-corrected chi connectivity index (χ3v) is 3.72. The minimum absolute atomic E-state index is 0.00231. The fourth-order valence-electron chi connectivity index (χ4n) is 1.57. The van der Waals surface area contributed by atoms with E-state index in [-0.39, 0.29) is 17.3 Å². The van der Waals surface area contributed by atoms with Gasteiger partial charge < -0.3 is 15.4 Å². The van der Waals surface area contributed by atoms with Gasteiger partial charge in [0.2, 0.25) is 0 Å². The molecular formula is C13H29N3O3S. The third kappa shape index (κ3) is 9.14. The Morgan fingerprint density at radius 3 is 2.30 bits per heavy atom. The van der Waals surface area contributed by atoms with E-state index >= 15 is 0 Å². The molecule has 120 valence electrons. The fraction of sp³-hybridized carbons (Fsp3) is 0.923. The number of nitrogens with one attached hydrogen (secondary N) is 2. The van der Waals surface area contributed by atoms with Gasteiger partial charge in [0.1, 0.15) is 9.84 Å². The molecule has 0 aliphatic heterocycles. The molecule has 0 aromatic carbocycles. The zero-order valence-corrected chi connectivity index (χ0v) is 14.3. The molecule has 0 aliphatic rings. The van der Waals surface area contributed by atoms with Crippen molar-refractivity contribution in [3.8, 4) is 0 Å². The van der Waals surface area contributed by atoms with E-state index in [1.165, 1.54) is 6.26 Å². The summed E-state index contributed by atoms with van der Waals surface area (Å²) < 4.78 is 27.6. The molecule has 0 rings (SSSR count). The predicted octanol–water partition coefficient (Wildman–Crippen LogP) is 0.647. The molecule has 0 spiro atoms. The largest absolute Gasteiger partial charge is 0.379 e. The van der Waals surface area contributed by atoms with Gasteiger partial charge in [0.25, 0.3) is 0 Å². The highest BCUT2D eigenvalue weighted by Gasteiger charge is 2.24. The Morgan fingerprint density at radius 1 is 1.30 bits per heavy atom. The summed E-state index contributed by atoms with van der Waals surface area (Å²) in [6, 6.07) is 0. The molecule has 1 atom stereocenters. The van der Waals surface area contributed by atoms with Gasteiger partial charge in [-0.2, -0.15) is 0 Å². The summed E-state index contributed by atoms with van der Waals surface area (Å²) >= 11 is 0. The Morgan fingerprint density at radius 2 is 1.90 bits per heavy atom. The molecule has 0 aromatic rings. The third-order valence-electron chi connectivity index (χ3n) is 2.78.